The molecule has 0 spiro atoms. The van der Waals surface area contributed by atoms with E-state index in [0.29, 0.717) is 17.4 Å². The summed E-state index contributed by atoms with van der Waals surface area (Å²) in [7, 11) is 1.43. The van der Waals surface area contributed by atoms with Crippen molar-refractivity contribution < 1.29 is 42.1 Å². The molecule has 0 aliphatic rings. The molecule has 0 aromatic carbocycles. The first kappa shape index (κ1) is 53.2. The molecular weight excluding hydrogens is 725 g/mol. The molecule has 0 aromatic heterocycles. The smallest absolute Gasteiger partial charge is 0.462 e. The summed E-state index contributed by atoms with van der Waals surface area (Å²) < 4.78 is 34.2. The lowest BCUT2D eigenvalue weighted by Gasteiger charge is -2.24. The highest BCUT2D eigenvalue weighted by molar-refractivity contribution is 7.47. The number of likely N-dealkylation sites (N-methyl/N-ethyl adjacent to an activating group) is 1. The molecule has 0 rings (SSSR count). The van der Waals surface area contributed by atoms with Gasteiger partial charge in [-0.05, 0) is 64.2 Å². The summed E-state index contributed by atoms with van der Waals surface area (Å²) in [6.07, 6.45) is 47.8. The average molecular weight is 805 g/mol. The van der Waals surface area contributed by atoms with Crippen molar-refractivity contribution in [3.8, 4) is 0 Å². The number of phosphoric ester groups is 1. The number of quaternary nitrogens is 1. The van der Waals surface area contributed by atoms with Gasteiger partial charge in [0, 0.05) is 12.8 Å². The molecule has 320 valence electrons. The zero-order valence-corrected chi connectivity index (χ0v) is 36.7. The van der Waals surface area contributed by atoms with Crippen LogP contribution in [0.25, 0.3) is 0 Å². The highest BCUT2D eigenvalue weighted by atomic mass is 31.2. The summed E-state index contributed by atoms with van der Waals surface area (Å²) in [5.41, 5.74) is 0. The van der Waals surface area contributed by atoms with Crippen LogP contribution in [0.15, 0.2) is 85.1 Å². The van der Waals surface area contributed by atoms with Crippen LogP contribution in [0.5, 0.6) is 0 Å². The van der Waals surface area contributed by atoms with Crippen LogP contribution in [-0.2, 0) is 32.7 Å². The highest BCUT2D eigenvalue weighted by Gasteiger charge is 2.27. The molecule has 10 heteroatoms. The van der Waals surface area contributed by atoms with Gasteiger partial charge in [0.15, 0.2) is 6.10 Å². The maximum absolute atomic E-state index is 12.6. The van der Waals surface area contributed by atoms with E-state index in [0.717, 1.165) is 77.0 Å². The van der Waals surface area contributed by atoms with Crippen LogP contribution < -0.4 is 0 Å². The van der Waals surface area contributed by atoms with Crippen LogP contribution in [0.3, 0.4) is 0 Å². The SMILES string of the molecule is CC/C=C/C=C/C=C/C=C/CCCCCC(=O)OC(COC(=O)CCCCCCCCCCC/C=C/C/C=C/C/C=C/CC)COP(=O)(O)OCC[N+](C)(C)C. The Morgan fingerprint density at radius 2 is 1.05 bits per heavy atom. The van der Waals surface area contributed by atoms with E-state index in [1.165, 1.54) is 32.1 Å². The van der Waals surface area contributed by atoms with Gasteiger partial charge in [0.2, 0.25) is 0 Å². The molecular formula is C46H79NO8P+. The number of nitrogens with zero attached hydrogens (tertiary/aromatic N) is 1. The van der Waals surface area contributed by atoms with Crippen molar-refractivity contribution in [1.82, 2.24) is 0 Å². The maximum Gasteiger partial charge on any atom is 0.472 e. The Labute approximate surface area is 341 Å². The van der Waals surface area contributed by atoms with Gasteiger partial charge < -0.3 is 18.9 Å². The molecule has 56 heavy (non-hydrogen) atoms. The third-order valence-electron chi connectivity index (χ3n) is 8.52. The zero-order valence-electron chi connectivity index (χ0n) is 35.8. The molecule has 2 unspecified atom stereocenters. The predicted molar refractivity (Wildman–Crippen MR) is 233 cm³/mol. The summed E-state index contributed by atoms with van der Waals surface area (Å²) in [6, 6.07) is 0. The van der Waals surface area contributed by atoms with E-state index in [2.05, 4.69) is 62.5 Å². The minimum atomic E-state index is -4.39. The normalized spacial score (nSPS) is 14.5. The van der Waals surface area contributed by atoms with Gasteiger partial charge in [-0.1, -0.05) is 150 Å². The number of unbranched alkanes of at least 4 members (excludes halogenated alkanes) is 12. The molecule has 0 amide bonds. The molecule has 0 fully saturated rings. The number of ether oxygens (including phenoxy) is 2. The van der Waals surface area contributed by atoms with E-state index in [1.807, 2.05) is 57.6 Å². The Hall–Kier alpha value is -2.81. The number of esters is 2. The van der Waals surface area contributed by atoms with Crippen molar-refractivity contribution in [1.29, 1.82) is 0 Å². The minimum absolute atomic E-state index is 0.0180. The number of hydrogen-bond acceptors (Lipinski definition) is 7. The summed E-state index contributed by atoms with van der Waals surface area (Å²) in [5.74, 6) is -0.860. The highest BCUT2D eigenvalue weighted by Crippen LogP contribution is 2.43. The number of phosphoric acid groups is 1. The lowest BCUT2D eigenvalue weighted by atomic mass is 10.1. The maximum atomic E-state index is 12.6. The van der Waals surface area contributed by atoms with Crippen LogP contribution in [0, 0.1) is 0 Å². The van der Waals surface area contributed by atoms with Crippen LogP contribution in [0.4, 0.5) is 0 Å². The number of carbonyl (C=O) groups is 2. The number of allylic oxidation sites excluding steroid dienone is 14. The first-order chi connectivity index (χ1) is 27.0. The topological polar surface area (TPSA) is 108 Å². The number of rotatable bonds is 37. The molecule has 0 heterocycles. The molecule has 1 N–H and O–H groups in total. The van der Waals surface area contributed by atoms with E-state index >= 15 is 0 Å². The minimum Gasteiger partial charge on any atom is -0.462 e. The van der Waals surface area contributed by atoms with Gasteiger partial charge in [-0.15, -0.1) is 0 Å². The standard InChI is InChI=1S/C46H78NO8P/c1-6-8-10-12-14-16-18-20-21-22-23-24-25-27-28-30-32-34-36-38-45(48)52-42-44(43-54-56(50,51)53-41-40-47(3,4)5)55-46(49)39-37-35-33-31-29-26-19-17-15-13-11-9-7-2/h8-11,13-17,19-21,26,29,44H,6-7,12,18,22-25,27-28,30-43H2,1-5H3/p+1/b10-8+,11-9+,15-13+,16-14+,19-17+,21-20+,29-26+. The molecule has 0 aromatic rings. The third-order valence-corrected chi connectivity index (χ3v) is 9.50. The monoisotopic (exact) mass is 805 g/mol. The van der Waals surface area contributed by atoms with Gasteiger partial charge >= 0.3 is 19.8 Å². The molecule has 0 bridgehead atoms. The lowest BCUT2D eigenvalue weighted by Crippen LogP contribution is -2.37. The fourth-order valence-electron chi connectivity index (χ4n) is 5.21. The van der Waals surface area contributed by atoms with Gasteiger partial charge in [-0.25, -0.2) is 4.57 Å². The third kappa shape index (κ3) is 40.8. The van der Waals surface area contributed by atoms with Crippen molar-refractivity contribution in [2.75, 3.05) is 47.5 Å². The zero-order chi connectivity index (χ0) is 41.4. The second kappa shape index (κ2) is 37.7. The van der Waals surface area contributed by atoms with E-state index in [4.69, 9.17) is 18.5 Å². The van der Waals surface area contributed by atoms with E-state index in [1.54, 1.807) is 0 Å². The molecule has 2 atom stereocenters. The van der Waals surface area contributed by atoms with Crippen molar-refractivity contribution in [2.45, 2.75) is 148 Å². The summed E-state index contributed by atoms with van der Waals surface area (Å²) >= 11 is 0. The second-order valence-corrected chi connectivity index (χ2v) is 16.5. The number of hydrogen-bond donors (Lipinski definition) is 1. The summed E-state index contributed by atoms with van der Waals surface area (Å²) in [5, 5.41) is 0. The Bertz CT molecular complexity index is 1230. The van der Waals surface area contributed by atoms with Crippen molar-refractivity contribution >= 4 is 19.8 Å². The van der Waals surface area contributed by atoms with Gasteiger partial charge in [-0.3, -0.25) is 18.6 Å². The average Bonchev–Trinajstić information content (AvgIpc) is 3.15. The van der Waals surface area contributed by atoms with Gasteiger partial charge in [0.05, 0.1) is 27.7 Å². The first-order valence-corrected chi connectivity index (χ1v) is 22.9. The van der Waals surface area contributed by atoms with Gasteiger partial charge in [0.25, 0.3) is 0 Å². The Kier molecular flexibility index (Phi) is 35.9. The van der Waals surface area contributed by atoms with Crippen molar-refractivity contribution in [3.63, 3.8) is 0 Å². The van der Waals surface area contributed by atoms with Crippen molar-refractivity contribution in [2.24, 2.45) is 0 Å². The van der Waals surface area contributed by atoms with E-state index < -0.39 is 26.5 Å². The molecule has 0 radical (unpaired) electrons. The Morgan fingerprint density at radius 1 is 0.571 bits per heavy atom. The largest absolute Gasteiger partial charge is 0.472 e. The lowest BCUT2D eigenvalue weighted by molar-refractivity contribution is -0.870. The first-order valence-electron chi connectivity index (χ1n) is 21.4. The molecule has 0 saturated heterocycles. The molecule has 9 nitrogen and oxygen atoms in total. The van der Waals surface area contributed by atoms with Gasteiger partial charge in [-0.2, -0.15) is 0 Å². The van der Waals surface area contributed by atoms with Crippen LogP contribution in [-0.4, -0.2) is 74.9 Å². The Balaban J connectivity index is 4.40. The van der Waals surface area contributed by atoms with Crippen LogP contribution in [0.2, 0.25) is 0 Å². The number of carbonyl (C=O) groups excluding carboxylic acids is 2. The molecule has 0 aliphatic heterocycles. The predicted octanol–water partition coefficient (Wildman–Crippen LogP) is 12.0. The van der Waals surface area contributed by atoms with E-state index in [-0.39, 0.29) is 32.0 Å². The second-order valence-electron chi connectivity index (χ2n) is 15.1. The summed E-state index contributed by atoms with van der Waals surface area (Å²) in [6.45, 7) is 4.09. The molecule has 0 aliphatic carbocycles. The Morgan fingerprint density at radius 3 is 1.66 bits per heavy atom. The van der Waals surface area contributed by atoms with Crippen LogP contribution >= 0.6 is 7.82 Å². The fraction of sp³-hybridized carbons (Fsp3) is 0.652. The summed E-state index contributed by atoms with van der Waals surface area (Å²) in [4.78, 5) is 35.3. The van der Waals surface area contributed by atoms with E-state index in [9.17, 15) is 19.0 Å². The van der Waals surface area contributed by atoms with Crippen molar-refractivity contribution in [3.05, 3.63) is 85.1 Å². The molecule has 0 saturated carbocycles. The van der Waals surface area contributed by atoms with Gasteiger partial charge in [0.1, 0.15) is 19.8 Å². The van der Waals surface area contributed by atoms with Crippen LogP contribution in [0.1, 0.15) is 142 Å². The quantitative estimate of drug-likeness (QED) is 0.0165. The fourth-order valence-corrected chi connectivity index (χ4v) is 5.96.